The van der Waals surface area contributed by atoms with Gasteiger partial charge in [-0.25, -0.2) is 0 Å². The van der Waals surface area contributed by atoms with Gasteiger partial charge in [0.1, 0.15) is 0 Å². The van der Waals surface area contributed by atoms with E-state index in [0.717, 1.165) is 11.5 Å². The molecule has 2 nitrogen and oxygen atoms in total. The molecule has 0 fully saturated rings. The second-order valence-electron chi connectivity index (χ2n) is 3.18. The monoisotopic (exact) mass is 212 g/mol. The van der Waals surface area contributed by atoms with Crippen LogP contribution in [0.3, 0.4) is 0 Å². The highest BCUT2D eigenvalue weighted by atomic mass is 32.2. The third-order valence-corrected chi connectivity index (χ3v) is 2.71. The normalized spacial score (nSPS) is 12.8. The minimum Gasteiger partial charge on any atom is -0.454 e. The Morgan fingerprint density at radius 2 is 1.93 bits per heavy atom. The van der Waals surface area contributed by atoms with E-state index in [1.807, 2.05) is 23.9 Å². The van der Waals surface area contributed by atoms with Crippen molar-refractivity contribution >= 4 is 11.8 Å². The van der Waals surface area contributed by atoms with Crippen LogP contribution in [0.2, 0.25) is 0 Å². The molecule has 14 heavy (non-hydrogen) atoms. The fourth-order valence-corrected chi connectivity index (χ4v) is 2.09. The highest BCUT2D eigenvalue weighted by Gasteiger charge is 2.13. The molecule has 0 amide bonds. The van der Waals surface area contributed by atoms with Gasteiger partial charge in [-0.3, -0.25) is 0 Å². The second-order valence-corrected chi connectivity index (χ2v) is 4.83. The average Bonchev–Trinajstić information content (AvgIpc) is 2.49. The molecule has 0 radical (unpaired) electrons. The van der Waals surface area contributed by atoms with E-state index in [1.54, 1.807) is 0 Å². The molecule has 1 aromatic rings. The summed E-state index contributed by atoms with van der Waals surface area (Å²) in [4.78, 5) is 1.24. The number of rotatable bonds is 2. The largest absolute Gasteiger partial charge is 0.454 e. The molecule has 78 valence electrons. The minimum atomic E-state index is 0. The molecule has 0 unspecified atom stereocenters. The van der Waals surface area contributed by atoms with Crippen molar-refractivity contribution in [2.24, 2.45) is 0 Å². The standard InChI is InChI=1S/C10H12O2S.CH4/c1-7(2)13-8-3-4-9-10(5-8)12-6-11-9;/h3-5,7H,6H2,1-2H3;1H4. The van der Waals surface area contributed by atoms with Crippen molar-refractivity contribution in [1.29, 1.82) is 0 Å². The first-order valence-corrected chi connectivity index (χ1v) is 5.20. The summed E-state index contributed by atoms with van der Waals surface area (Å²) in [5.41, 5.74) is 0. The number of benzene rings is 1. The van der Waals surface area contributed by atoms with E-state index in [-0.39, 0.29) is 7.43 Å². The summed E-state index contributed by atoms with van der Waals surface area (Å²) >= 11 is 1.83. The molecule has 1 heterocycles. The van der Waals surface area contributed by atoms with Crippen molar-refractivity contribution in [3.8, 4) is 11.5 Å². The summed E-state index contributed by atoms with van der Waals surface area (Å²) in [6.45, 7) is 4.70. The van der Waals surface area contributed by atoms with Gasteiger partial charge in [-0.1, -0.05) is 21.3 Å². The molecule has 0 saturated heterocycles. The van der Waals surface area contributed by atoms with Crippen LogP contribution in [-0.2, 0) is 0 Å². The van der Waals surface area contributed by atoms with E-state index in [9.17, 15) is 0 Å². The molecular weight excluding hydrogens is 196 g/mol. The Kier molecular flexibility index (Phi) is 3.69. The van der Waals surface area contributed by atoms with Crippen LogP contribution < -0.4 is 9.47 Å². The number of hydrogen-bond acceptors (Lipinski definition) is 3. The van der Waals surface area contributed by atoms with Crippen molar-refractivity contribution in [3.63, 3.8) is 0 Å². The molecule has 1 aliphatic heterocycles. The van der Waals surface area contributed by atoms with Crippen molar-refractivity contribution in [2.45, 2.75) is 31.4 Å². The van der Waals surface area contributed by atoms with Gasteiger partial charge >= 0.3 is 0 Å². The Hall–Kier alpha value is -0.830. The average molecular weight is 212 g/mol. The van der Waals surface area contributed by atoms with Gasteiger partial charge in [0.15, 0.2) is 11.5 Å². The van der Waals surface area contributed by atoms with Gasteiger partial charge in [-0.15, -0.1) is 11.8 Å². The highest BCUT2D eigenvalue weighted by molar-refractivity contribution is 7.99. The van der Waals surface area contributed by atoms with Gasteiger partial charge in [-0.2, -0.15) is 0 Å². The van der Waals surface area contributed by atoms with E-state index in [0.29, 0.717) is 12.0 Å². The zero-order valence-electron chi connectivity index (χ0n) is 7.74. The molecule has 0 N–H and O–H groups in total. The molecule has 1 aromatic carbocycles. The minimum absolute atomic E-state index is 0. The molecule has 0 aliphatic carbocycles. The fraction of sp³-hybridized carbons (Fsp3) is 0.455. The fourth-order valence-electron chi connectivity index (χ4n) is 1.22. The van der Waals surface area contributed by atoms with Crippen LogP contribution in [0.4, 0.5) is 0 Å². The van der Waals surface area contributed by atoms with E-state index in [2.05, 4.69) is 19.9 Å². The summed E-state index contributed by atoms with van der Waals surface area (Å²) in [6, 6.07) is 6.07. The maximum Gasteiger partial charge on any atom is 0.231 e. The Labute approximate surface area is 89.6 Å². The van der Waals surface area contributed by atoms with Gasteiger partial charge in [-0.05, 0) is 18.2 Å². The van der Waals surface area contributed by atoms with Gasteiger partial charge in [0.2, 0.25) is 6.79 Å². The summed E-state index contributed by atoms with van der Waals surface area (Å²) in [6.07, 6.45) is 0. The number of thioether (sulfide) groups is 1. The lowest BCUT2D eigenvalue weighted by Gasteiger charge is -2.04. The lowest BCUT2D eigenvalue weighted by molar-refractivity contribution is 0.174. The summed E-state index contributed by atoms with van der Waals surface area (Å²) in [5.74, 6) is 1.72. The topological polar surface area (TPSA) is 18.5 Å². The Morgan fingerprint density at radius 3 is 2.64 bits per heavy atom. The smallest absolute Gasteiger partial charge is 0.231 e. The van der Waals surface area contributed by atoms with Crippen LogP contribution in [0.25, 0.3) is 0 Å². The first kappa shape index (κ1) is 11.2. The van der Waals surface area contributed by atoms with Crippen molar-refractivity contribution < 1.29 is 9.47 Å². The highest BCUT2D eigenvalue weighted by Crippen LogP contribution is 2.36. The van der Waals surface area contributed by atoms with E-state index in [4.69, 9.17) is 9.47 Å². The summed E-state index contributed by atoms with van der Waals surface area (Å²) < 4.78 is 10.5. The first-order valence-electron chi connectivity index (χ1n) is 4.32. The van der Waals surface area contributed by atoms with Crippen LogP contribution in [0.1, 0.15) is 21.3 Å². The SMILES string of the molecule is C.CC(C)Sc1ccc2c(c1)OCO2. The Morgan fingerprint density at radius 1 is 1.21 bits per heavy atom. The number of fused-ring (bicyclic) bond motifs is 1. The summed E-state index contributed by atoms with van der Waals surface area (Å²) in [7, 11) is 0. The van der Waals surface area contributed by atoms with E-state index >= 15 is 0 Å². The van der Waals surface area contributed by atoms with Crippen LogP contribution in [0.5, 0.6) is 11.5 Å². The lowest BCUT2D eigenvalue weighted by atomic mass is 10.3. The second kappa shape index (κ2) is 4.60. The molecule has 0 bridgehead atoms. The van der Waals surface area contributed by atoms with Crippen LogP contribution in [0, 0.1) is 0 Å². The third-order valence-electron chi connectivity index (χ3n) is 1.72. The predicted octanol–water partition coefficient (Wildman–Crippen LogP) is 3.55. The maximum atomic E-state index is 5.29. The molecule has 0 spiro atoms. The third kappa shape index (κ3) is 2.35. The molecule has 2 rings (SSSR count). The zero-order chi connectivity index (χ0) is 9.26. The van der Waals surface area contributed by atoms with E-state index < -0.39 is 0 Å². The quantitative estimate of drug-likeness (QED) is 0.698. The molecule has 0 atom stereocenters. The van der Waals surface area contributed by atoms with Crippen LogP contribution in [-0.4, -0.2) is 12.0 Å². The van der Waals surface area contributed by atoms with Crippen LogP contribution in [0.15, 0.2) is 23.1 Å². The zero-order valence-corrected chi connectivity index (χ0v) is 8.56. The van der Waals surface area contributed by atoms with Crippen molar-refractivity contribution in [1.82, 2.24) is 0 Å². The first-order chi connectivity index (χ1) is 6.25. The van der Waals surface area contributed by atoms with Gasteiger partial charge in [0.25, 0.3) is 0 Å². The van der Waals surface area contributed by atoms with Crippen molar-refractivity contribution in [3.05, 3.63) is 18.2 Å². The summed E-state index contributed by atoms with van der Waals surface area (Å²) in [5, 5.41) is 0.598. The van der Waals surface area contributed by atoms with Crippen LogP contribution >= 0.6 is 11.8 Å². The number of ether oxygens (including phenoxy) is 2. The molecule has 0 aromatic heterocycles. The molecular formula is C11H16O2S. The molecule has 0 saturated carbocycles. The van der Waals surface area contributed by atoms with E-state index in [1.165, 1.54) is 4.90 Å². The van der Waals surface area contributed by atoms with Gasteiger partial charge in [0.05, 0.1) is 0 Å². The Balaban J connectivity index is 0.000000980. The van der Waals surface area contributed by atoms with Gasteiger partial charge in [0, 0.05) is 10.1 Å². The maximum absolute atomic E-state index is 5.29. The molecule has 1 aliphatic rings. The van der Waals surface area contributed by atoms with Gasteiger partial charge < -0.3 is 9.47 Å². The predicted molar refractivity (Wildman–Crippen MR) is 60.3 cm³/mol. The molecule has 3 heteroatoms. The van der Waals surface area contributed by atoms with Crippen molar-refractivity contribution in [2.75, 3.05) is 6.79 Å². The lowest BCUT2D eigenvalue weighted by Crippen LogP contribution is -1.92. The number of hydrogen-bond donors (Lipinski definition) is 0. The Bertz CT molecular complexity index is 310.